The summed E-state index contributed by atoms with van der Waals surface area (Å²) in [5, 5.41) is 3.66. The van der Waals surface area contributed by atoms with Crippen LogP contribution in [0.2, 0.25) is 0 Å². The number of nitrogens with one attached hydrogen (secondary N) is 1. The Balaban J connectivity index is 2.35. The molecular weight excluding hydrogens is 220 g/mol. The van der Waals surface area contributed by atoms with Crippen LogP contribution in [-0.4, -0.2) is 52.8 Å². The van der Waals surface area contributed by atoms with Crippen LogP contribution in [0.5, 0.6) is 0 Å². The van der Waals surface area contributed by atoms with Crippen molar-refractivity contribution in [3.8, 4) is 0 Å². The molecule has 0 bridgehead atoms. The third-order valence-electron chi connectivity index (χ3n) is 3.71. The third-order valence-corrected chi connectivity index (χ3v) is 4.58. The van der Waals surface area contributed by atoms with E-state index in [0.717, 1.165) is 38.4 Å². The van der Waals surface area contributed by atoms with Gasteiger partial charge in [0.15, 0.2) is 0 Å². The van der Waals surface area contributed by atoms with E-state index in [2.05, 4.69) is 24.1 Å². The summed E-state index contributed by atoms with van der Waals surface area (Å²) < 4.78 is 11.0. The lowest BCUT2D eigenvalue weighted by atomic mass is 9.90. The molecule has 1 atom stereocenters. The number of piperazine rings is 1. The summed E-state index contributed by atoms with van der Waals surface area (Å²) in [7, 11) is -0.635. The van der Waals surface area contributed by atoms with Gasteiger partial charge in [-0.1, -0.05) is 13.8 Å². The maximum atomic E-state index is 11.0. The van der Waals surface area contributed by atoms with Gasteiger partial charge in [0.05, 0.1) is 0 Å². The standard InChI is InChI=1S/C12H26N2OS/c1-4-12(5-2)11-14(9-7-13-12)8-6-10-16(3)15/h13H,4-11H2,1-3H3. The highest BCUT2D eigenvalue weighted by Gasteiger charge is 2.31. The first-order valence-electron chi connectivity index (χ1n) is 6.39. The summed E-state index contributed by atoms with van der Waals surface area (Å²) in [6, 6.07) is 0. The summed E-state index contributed by atoms with van der Waals surface area (Å²) in [4.78, 5) is 2.52. The Labute approximate surface area is 102 Å². The van der Waals surface area contributed by atoms with Gasteiger partial charge in [-0.2, -0.15) is 0 Å². The Morgan fingerprint density at radius 2 is 2.06 bits per heavy atom. The molecule has 0 spiro atoms. The predicted octanol–water partition coefficient (Wildman–Crippen LogP) is 1.22. The first-order valence-corrected chi connectivity index (χ1v) is 8.12. The fourth-order valence-electron chi connectivity index (χ4n) is 2.45. The van der Waals surface area contributed by atoms with E-state index < -0.39 is 10.8 Å². The molecular formula is C12H26N2OS. The molecule has 0 radical (unpaired) electrons. The van der Waals surface area contributed by atoms with Crippen molar-refractivity contribution in [1.29, 1.82) is 0 Å². The Kier molecular flexibility index (Phi) is 5.94. The van der Waals surface area contributed by atoms with Gasteiger partial charge in [-0.05, 0) is 25.8 Å². The number of hydrogen-bond acceptors (Lipinski definition) is 3. The second-order valence-corrected chi connectivity index (χ2v) is 6.38. The van der Waals surface area contributed by atoms with Crippen molar-refractivity contribution < 1.29 is 4.21 Å². The number of nitrogens with zero attached hydrogens (tertiary/aromatic N) is 1. The lowest BCUT2D eigenvalue weighted by molar-refractivity contribution is 0.124. The second kappa shape index (κ2) is 6.72. The average Bonchev–Trinajstić information content (AvgIpc) is 2.29. The molecule has 1 heterocycles. The molecule has 0 aromatic rings. The fraction of sp³-hybridized carbons (Fsp3) is 1.00. The summed E-state index contributed by atoms with van der Waals surface area (Å²) in [6.45, 7) is 9.01. The van der Waals surface area contributed by atoms with Crippen LogP contribution in [0.3, 0.4) is 0 Å². The van der Waals surface area contributed by atoms with Crippen LogP contribution >= 0.6 is 0 Å². The van der Waals surface area contributed by atoms with Crippen molar-refractivity contribution in [2.45, 2.75) is 38.6 Å². The highest BCUT2D eigenvalue weighted by Crippen LogP contribution is 2.19. The molecule has 0 saturated carbocycles. The maximum absolute atomic E-state index is 11.0. The minimum Gasteiger partial charge on any atom is -0.309 e. The van der Waals surface area contributed by atoms with Crippen LogP contribution in [0.15, 0.2) is 0 Å². The van der Waals surface area contributed by atoms with Gasteiger partial charge < -0.3 is 10.2 Å². The van der Waals surface area contributed by atoms with Gasteiger partial charge in [0.25, 0.3) is 0 Å². The van der Waals surface area contributed by atoms with E-state index in [1.165, 1.54) is 12.8 Å². The largest absolute Gasteiger partial charge is 0.309 e. The molecule has 0 aromatic carbocycles. The quantitative estimate of drug-likeness (QED) is 0.765. The molecule has 0 aliphatic carbocycles. The average molecular weight is 246 g/mol. The van der Waals surface area contributed by atoms with Crippen LogP contribution in [0.4, 0.5) is 0 Å². The van der Waals surface area contributed by atoms with E-state index in [1.807, 2.05) is 0 Å². The number of rotatable bonds is 6. The fourth-order valence-corrected chi connectivity index (χ4v) is 2.98. The highest BCUT2D eigenvalue weighted by molar-refractivity contribution is 7.84. The lowest BCUT2D eigenvalue weighted by Gasteiger charge is -2.43. The zero-order chi connectivity index (χ0) is 12.0. The Bertz CT molecular complexity index is 229. The Morgan fingerprint density at radius 1 is 1.38 bits per heavy atom. The van der Waals surface area contributed by atoms with Crippen LogP contribution < -0.4 is 5.32 Å². The van der Waals surface area contributed by atoms with Crippen molar-refractivity contribution in [2.24, 2.45) is 0 Å². The van der Waals surface area contributed by atoms with Gasteiger partial charge in [0.1, 0.15) is 0 Å². The van der Waals surface area contributed by atoms with E-state index >= 15 is 0 Å². The predicted molar refractivity (Wildman–Crippen MR) is 71.3 cm³/mol. The zero-order valence-corrected chi connectivity index (χ0v) is 11.7. The highest BCUT2D eigenvalue weighted by atomic mass is 32.2. The zero-order valence-electron chi connectivity index (χ0n) is 10.9. The van der Waals surface area contributed by atoms with Gasteiger partial charge in [0, 0.05) is 48.0 Å². The van der Waals surface area contributed by atoms with Crippen LogP contribution in [-0.2, 0) is 10.8 Å². The molecule has 3 nitrogen and oxygen atoms in total. The van der Waals surface area contributed by atoms with Crippen LogP contribution in [0, 0.1) is 0 Å². The molecule has 1 unspecified atom stereocenters. The minimum absolute atomic E-state index is 0.323. The number of hydrogen-bond donors (Lipinski definition) is 1. The van der Waals surface area contributed by atoms with E-state index in [4.69, 9.17) is 0 Å². The Morgan fingerprint density at radius 3 is 2.62 bits per heavy atom. The minimum atomic E-state index is -0.635. The van der Waals surface area contributed by atoms with Gasteiger partial charge in [-0.25, -0.2) is 0 Å². The molecule has 1 saturated heterocycles. The summed E-state index contributed by atoms with van der Waals surface area (Å²) >= 11 is 0. The Hall–Kier alpha value is 0.0700. The topological polar surface area (TPSA) is 32.3 Å². The van der Waals surface area contributed by atoms with Gasteiger partial charge >= 0.3 is 0 Å². The van der Waals surface area contributed by atoms with Crippen molar-refractivity contribution >= 4 is 10.8 Å². The third kappa shape index (κ3) is 4.15. The molecule has 0 amide bonds. The first kappa shape index (κ1) is 14.1. The van der Waals surface area contributed by atoms with Crippen molar-refractivity contribution in [2.75, 3.05) is 38.2 Å². The summed E-state index contributed by atoms with van der Waals surface area (Å²) in [5.41, 5.74) is 0.323. The van der Waals surface area contributed by atoms with E-state index in [9.17, 15) is 4.21 Å². The molecule has 1 aliphatic rings. The summed E-state index contributed by atoms with van der Waals surface area (Å²) in [5.74, 6) is 0.842. The molecule has 4 heteroatoms. The smallest absolute Gasteiger partial charge is 0.0304 e. The van der Waals surface area contributed by atoms with Gasteiger partial charge in [-0.3, -0.25) is 4.21 Å². The van der Waals surface area contributed by atoms with Crippen LogP contribution in [0.1, 0.15) is 33.1 Å². The first-order chi connectivity index (χ1) is 7.62. The molecule has 1 rings (SSSR count). The van der Waals surface area contributed by atoms with Crippen molar-refractivity contribution in [3.05, 3.63) is 0 Å². The van der Waals surface area contributed by atoms with E-state index in [-0.39, 0.29) is 0 Å². The van der Waals surface area contributed by atoms with Crippen LogP contribution in [0.25, 0.3) is 0 Å². The SMILES string of the molecule is CCC1(CC)CN(CCCS(C)=O)CCN1. The maximum Gasteiger partial charge on any atom is 0.0304 e. The van der Waals surface area contributed by atoms with E-state index in [0.29, 0.717) is 5.54 Å². The van der Waals surface area contributed by atoms with Gasteiger partial charge in [-0.15, -0.1) is 0 Å². The molecule has 16 heavy (non-hydrogen) atoms. The van der Waals surface area contributed by atoms with Gasteiger partial charge in [0.2, 0.25) is 0 Å². The molecule has 1 N–H and O–H groups in total. The molecule has 1 aliphatic heterocycles. The second-order valence-electron chi connectivity index (χ2n) is 4.82. The van der Waals surface area contributed by atoms with E-state index in [1.54, 1.807) is 6.26 Å². The molecule has 0 aromatic heterocycles. The lowest BCUT2D eigenvalue weighted by Crippen LogP contribution is -2.59. The van der Waals surface area contributed by atoms with Crippen molar-refractivity contribution in [1.82, 2.24) is 10.2 Å². The molecule has 96 valence electrons. The van der Waals surface area contributed by atoms with Crippen molar-refractivity contribution in [3.63, 3.8) is 0 Å². The summed E-state index contributed by atoms with van der Waals surface area (Å²) in [6.07, 6.45) is 5.24. The molecule has 1 fully saturated rings. The monoisotopic (exact) mass is 246 g/mol. The normalized spacial score (nSPS) is 23.2.